The zero-order valence-corrected chi connectivity index (χ0v) is 12.3. The predicted octanol–water partition coefficient (Wildman–Crippen LogP) is 3.20. The van der Waals surface area contributed by atoms with Crippen molar-refractivity contribution >= 4 is 16.7 Å². The Hall–Kier alpha value is -1.87. The Morgan fingerprint density at radius 1 is 1.10 bits per heavy atom. The fraction of sp³-hybridized carbons (Fsp3) is 0.353. The minimum absolute atomic E-state index is 0.122. The summed E-state index contributed by atoms with van der Waals surface area (Å²) in [6, 6.07) is 14.8. The monoisotopic (exact) mass is 268 g/mol. The van der Waals surface area contributed by atoms with Gasteiger partial charge in [0.05, 0.1) is 0 Å². The van der Waals surface area contributed by atoms with Crippen LogP contribution in [-0.4, -0.2) is 28.5 Å². The van der Waals surface area contributed by atoms with Crippen molar-refractivity contribution in [1.82, 2.24) is 10.0 Å². The van der Waals surface area contributed by atoms with Crippen LogP contribution in [0.5, 0.6) is 0 Å². The summed E-state index contributed by atoms with van der Waals surface area (Å²) in [5, 5.41) is 6.44. The Morgan fingerprint density at radius 3 is 2.50 bits per heavy atom. The van der Waals surface area contributed by atoms with Crippen molar-refractivity contribution in [2.24, 2.45) is 0 Å². The van der Waals surface area contributed by atoms with Crippen molar-refractivity contribution in [3.8, 4) is 0 Å². The summed E-state index contributed by atoms with van der Waals surface area (Å²) in [5.41, 5.74) is 1.14. The van der Waals surface area contributed by atoms with E-state index in [-0.39, 0.29) is 11.4 Å². The van der Waals surface area contributed by atoms with Crippen LogP contribution >= 0.6 is 0 Å². The molecule has 3 heteroatoms. The molecular weight excluding hydrogens is 248 g/mol. The number of hydrazine groups is 1. The quantitative estimate of drug-likeness (QED) is 0.835. The molecule has 0 aliphatic carbocycles. The van der Waals surface area contributed by atoms with E-state index in [2.05, 4.69) is 61.3 Å². The molecule has 3 nitrogen and oxygen atoms in total. The molecule has 0 aromatic heterocycles. The van der Waals surface area contributed by atoms with Gasteiger partial charge in [-0.1, -0.05) is 42.5 Å². The van der Waals surface area contributed by atoms with E-state index < -0.39 is 0 Å². The number of benzene rings is 2. The van der Waals surface area contributed by atoms with Crippen molar-refractivity contribution in [1.29, 1.82) is 0 Å². The molecule has 1 amide bonds. The van der Waals surface area contributed by atoms with Crippen molar-refractivity contribution in [2.45, 2.75) is 32.4 Å². The van der Waals surface area contributed by atoms with Crippen LogP contribution in [0.1, 0.15) is 25.8 Å². The maximum Gasteiger partial charge on any atom is 0.238 e. The van der Waals surface area contributed by atoms with Crippen LogP contribution in [0.2, 0.25) is 0 Å². The van der Waals surface area contributed by atoms with Gasteiger partial charge in [-0.25, -0.2) is 5.01 Å². The minimum Gasteiger partial charge on any atom is -0.278 e. The second-order valence-corrected chi connectivity index (χ2v) is 6.10. The fourth-order valence-corrected chi connectivity index (χ4v) is 3.03. The number of amides is 1. The molecule has 1 aliphatic heterocycles. The zero-order chi connectivity index (χ0) is 14.3. The van der Waals surface area contributed by atoms with Crippen molar-refractivity contribution in [3.63, 3.8) is 0 Å². The van der Waals surface area contributed by atoms with Gasteiger partial charge in [-0.05, 0) is 30.2 Å². The Balaban J connectivity index is 1.99. The van der Waals surface area contributed by atoms with Gasteiger partial charge in [0.2, 0.25) is 5.91 Å². The third-order valence-corrected chi connectivity index (χ3v) is 4.21. The maximum atomic E-state index is 11.9. The summed E-state index contributed by atoms with van der Waals surface area (Å²) in [6.07, 6.45) is 0.578. The molecular formula is C17H20N2O. The van der Waals surface area contributed by atoms with Crippen molar-refractivity contribution < 1.29 is 4.79 Å². The molecule has 2 aromatic carbocycles. The van der Waals surface area contributed by atoms with Crippen LogP contribution in [-0.2, 0) is 11.3 Å². The van der Waals surface area contributed by atoms with E-state index in [4.69, 9.17) is 0 Å². The number of carbonyl (C=O) groups excluding carboxylic acids is 1. The van der Waals surface area contributed by atoms with Gasteiger partial charge in [0.15, 0.2) is 0 Å². The second-order valence-electron chi connectivity index (χ2n) is 6.10. The van der Waals surface area contributed by atoms with Gasteiger partial charge >= 0.3 is 0 Å². The molecule has 0 spiro atoms. The third kappa shape index (κ3) is 2.08. The first-order valence-corrected chi connectivity index (χ1v) is 7.00. The van der Waals surface area contributed by atoms with E-state index in [9.17, 15) is 4.79 Å². The van der Waals surface area contributed by atoms with Crippen molar-refractivity contribution in [2.75, 3.05) is 7.05 Å². The fourth-order valence-electron chi connectivity index (χ4n) is 3.03. The molecule has 1 saturated heterocycles. The van der Waals surface area contributed by atoms with Gasteiger partial charge < -0.3 is 0 Å². The van der Waals surface area contributed by atoms with Crippen LogP contribution in [0.4, 0.5) is 0 Å². The largest absolute Gasteiger partial charge is 0.278 e. The first-order valence-electron chi connectivity index (χ1n) is 7.00. The van der Waals surface area contributed by atoms with E-state index in [0.29, 0.717) is 6.42 Å². The molecule has 0 unspecified atom stereocenters. The van der Waals surface area contributed by atoms with Crippen LogP contribution in [0.15, 0.2) is 42.5 Å². The SMILES string of the molecule is CN1C(=O)CC(C)(C)N1Cc1cccc2ccccc12. The van der Waals surface area contributed by atoms with Gasteiger partial charge in [0.25, 0.3) is 0 Å². The average molecular weight is 268 g/mol. The third-order valence-electron chi connectivity index (χ3n) is 4.21. The molecule has 0 N–H and O–H groups in total. The lowest BCUT2D eigenvalue weighted by Gasteiger charge is -2.34. The normalized spacial score (nSPS) is 18.9. The molecule has 0 saturated carbocycles. The van der Waals surface area contributed by atoms with Crippen LogP contribution in [0, 0.1) is 0 Å². The minimum atomic E-state index is -0.122. The number of hydrogen-bond donors (Lipinski definition) is 0. The van der Waals surface area contributed by atoms with Crippen LogP contribution < -0.4 is 0 Å². The molecule has 1 fully saturated rings. The van der Waals surface area contributed by atoms with E-state index in [1.165, 1.54) is 16.3 Å². The van der Waals surface area contributed by atoms with Crippen LogP contribution in [0.3, 0.4) is 0 Å². The zero-order valence-electron chi connectivity index (χ0n) is 12.3. The summed E-state index contributed by atoms with van der Waals surface area (Å²) in [4.78, 5) is 11.9. The molecule has 1 aliphatic rings. The molecule has 0 atom stereocenters. The molecule has 1 heterocycles. The van der Waals surface area contributed by atoms with Gasteiger partial charge in [-0.2, -0.15) is 0 Å². The topological polar surface area (TPSA) is 23.6 Å². The van der Waals surface area contributed by atoms with Crippen molar-refractivity contribution in [3.05, 3.63) is 48.0 Å². The number of hydrogen-bond acceptors (Lipinski definition) is 2. The van der Waals surface area contributed by atoms with Gasteiger partial charge in [0.1, 0.15) is 0 Å². The molecule has 104 valence electrons. The lowest BCUT2D eigenvalue weighted by Crippen LogP contribution is -2.44. The van der Waals surface area contributed by atoms with Gasteiger partial charge in [0, 0.05) is 25.6 Å². The molecule has 20 heavy (non-hydrogen) atoms. The predicted molar refractivity (Wildman–Crippen MR) is 81.0 cm³/mol. The smallest absolute Gasteiger partial charge is 0.238 e. The maximum absolute atomic E-state index is 11.9. The Labute approximate surface area is 119 Å². The lowest BCUT2D eigenvalue weighted by atomic mass is 9.99. The lowest BCUT2D eigenvalue weighted by molar-refractivity contribution is -0.137. The summed E-state index contributed by atoms with van der Waals surface area (Å²) in [5.74, 6) is 0.190. The summed E-state index contributed by atoms with van der Waals surface area (Å²) in [7, 11) is 1.86. The van der Waals surface area contributed by atoms with E-state index in [1.54, 1.807) is 5.01 Å². The molecule has 0 bridgehead atoms. The standard InChI is InChI=1S/C17H20N2O/c1-17(2)11-16(20)18(3)19(17)12-14-9-6-8-13-7-4-5-10-15(13)14/h4-10H,11-12H2,1-3H3. The second kappa shape index (κ2) is 4.60. The molecule has 2 aromatic rings. The molecule has 3 rings (SSSR count). The summed E-state index contributed by atoms with van der Waals surface area (Å²) in [6.45, 7) is 5.01. The van der Waals surface area contributed by atoms with Crippen LogP contribution in [0.25, 0.3) is 10.8 Å². The molecule has 0 radical (unpaired) electrons. The highest BCUT2D eigenvalue weighted by atomic mass is 16.2. The highest BCUT2D eigenvalue weighted by Crippen LogP contribution is 2.31. The number of rotatable bonds is 2. The van der Waals surface area contributed by atoms with Gasteiger partial charge in [-0.3, -0.25) is 9.80 Å². The van der Waals surface area contributed by atoms with Gasteiger partial charge in [-0.15, -0.1) is 0 Å². The number of nitrogens with zero attached hydrogens (tertiary/aromatic N) is 2. The average Bonchev–Trinajstić information content (AvgIpc) is 2.61. The Bertz CT molecular complexity index is 658. The Kier molecular flexibility index (Phi) is 3.02. The highest BCUT2D eigenvalue weighted by molar-refractivity contribution is 5.85. The number of carbonyl (C=O) groups is 1. The number of fused-ring (bicyclic) bond motifs is 1. The van der Waals surface area contributed by atoms with E-state index in [0.717, 1.165) is 6.54 Å². The summed E-state index contributed by atoms with van der Waals surface area (Å²) >= 11 is 0. The first-order chi connectivity index (χ1) is 9.49. The van der Waals surface area contributed by atoms with E-state index in [1.807, 2.05) is 7.05 Å². The Morgan fingerprint density at radius 2 is 1.80 bits per heavy atom. The van der Waals surface area contributed by atoms with E-state index >= 15 is 0 Å². The summed E-state index contributed by atoms with van der Waals surface area (Å²) < 4.78 is 0. The first kappa shape index (κ1) is 13.1. The highest BCUT2D eigenvalue weighted by Gasteiger charge is 2.41.